The van der Waals surface area contributed by atoms with Crippen molar-refractivity contribution in [3.8, 4) is 0 Å². The van der Waals surface area contributed by atoms with Crippen LogP contribution in [0.4, 0.5) is 4.39 Å². The van der Waals surface area contributed by atoms with E-state index in [0.717, 1.165) is 44.1 Å². The molecule has 25 heavy (non-hydrogen) atoms. The van der Waals surface area contributed by atoms with E-state index in [-0.39, 0.29) is 35.6 Å². The summed E-state index contributed by atoms with van der Waals surface area (Å²) in [6, 6.07) is 6.07. The lowest BCUT2D eigenvalue weighted by atomic mass is 9.84. The number of carbonyl (C=O) groups excluding carboxylic acids is 2. The van der Waals surface area contributed by atoms with Crippen LogP contribution in [0.3, 0.4) is 0 Å². The van der Waals surface area contributed by atoms with Gasteiger partial charge in [-0.1, -0.05) is 25.0 Å². The average molecular weight is 344 g/mol. The third-order valence-electron chi connectivity index (χ3n) is 5.95. The number of nitrogens with zero attached hydrogens (tertiary/aromatic N) is 1. The Bertz CT molecular complexity index is 656. The number of halogens is 1. The highest BCUT2D eigenvalue weighted by atomic mass is 19.1. The Hall–Kier alpha value is -1.91. The smallest absolute Gasteiger partial charge is 0.243 e. The molecule has 2 amide bonds. The summed E-state index contributed by atoms with van der Waals surface area (Å²) < 4.78 is 13.0. The molecule has 5 heteroatoms. The van der Waals surface area contributed by atoms with Crippen molar-refractivity contribution >= 4 is 11.8 Å². The summed E-state index contributed by atoms with van der Waals surface area (Å²) in [6.07, 6.45) is 7.24. The van der Waals surface area contributed by atoms with Crippen LogP contribution in [0, 0.1) is 17.7 Å². The Kier molecular flexibility index (Phi) is 4.48. The number of benzene rings is 1. The maximum absolute atomic E-state index is 13.0. The summed E-state index contributed by atoms with van der Waals surface area (Å²) in [5.74, 6) is 0.464. The highest BCUT2D eigenvalue weighted by Gasteiger charge is 2.50. The van der Waals surface area contributed by atoms with Crippen LogP contribution in [0.1, 0.15) is 50.5 Å². The topological polar surface area (TPSA) is 49.4 Å². The zero-order chi connectivity index (χ0) is 17.4. The van der Waals surface area contributed by atoms with Crippen molar-refractivity contribution in [1.82, 2.24) is 10.2 Å². The lowest BCUT2D eigenvalue weighted by Crippen LogP contribution is -2.50. The van der Waals surface area contributed by atoms with Gasteiger partial charge >= 0.3 is 0 Å². The van der Waals surface area contributed by atoms with E-state index in [2.05, 4.69) is 5.32 Å². The third-order valence-corrected chi connectivity index (χ3v) is 5.95. The molecule has 3 aliphatic rings. The molecule has 0 aromatic heterocycles. The van der Waals surface area contributed by atoms with Gasteiger partial charge in [0.05, 0.1) is 0 Å². The number of fused-ring (bicyclic) bond motifs is 1. The van der Waals surface area contributed by atoms with Gasteiger partial charge in [0.25, 0.3) is 0 Å². The quantitative estimate of drug-likeness (QED) is 0.913. The molecule has 0 bridgehead atoms. The van der Waals surface area contributed by atoms with Crippen LogP contribution in [-0.4, -0.2) is 28.8 Å². The number of hydrogen-bond acceptors (Lipinski definition) is 2. The summed E-state index contributed by atoms with van der Waals surface area (Å²) in [5.41, 5.74) is 0.866. The van der Waals surface area contributed by atoms with Crippen LogP contribution in [0.25, 0.3) is 0 Å². The van der Waals surface area contributed by atoms with Crippen LogP contribution in [-0.2, 0) is 16.1 Å². The monoisotopic (exact) mass is 344 g/mol. The fraction of sp³-hybridized carbons (Fsp3) is 0.600. The second-order valence-corrected chi connectivity index (χ2v) is 7.73. The molecule has 134 valence electrons. The standard InChI is InChI=1S/C20H25FN2O2/c21-16-9-5-13(6-10-16)12-22-19(24)18-11-15-3-1-2-4-17(15)23(18)20(25)14-7-8-14/h5-6,9-10,14-15,17-18H,1-4,7-8,11-12H2,(H,22,24)/t15-,17-,18+/m1/s1. The maximum atomic E-state index is 13.0. The normalized spacial score (nSPS) is 28.5. The first-order valence-corrected chi connectivity index (χ1v) is 9.48. The predicted octanol–water partition coefficient (Wildman–Crippen LogP) is 3.01. The van der Waals surface area contributed by atoms with Crippen LogP contribution in [0.5, 0.6) is 0 Å². The van der Waals surface area contributed by atoms with Gasteiger partial charge in [-0.3, -0.25) is 9.59 Å². The minimum absolute atomic E-state index is 0.0623. The number of amides is 2. The molecular weight excluding hydrogens is 319 g/mol. The van der Waals surface area contributed by atoms with Crippen molar-refractivity contribution in [2.24, 2.45) is 11.8 Å². The van der Waals surface area contributed by atoms with Gasteiger partial charge in [-0.15, -0.1) is 0 Å². The van der Waals surface area contributed by atoms with Gasteiger partial charge in [0.1, 0.15) is 11.9 Å². The van der Waals surface area contributed by atoms with Crippen molar-refractivity contribution in [3.05, 3.63) is 35.6 Å². The van der Waals surface area contributed by atoms with E-state index in [0.29, 0.717) is 12.5 Å². The van der Waals surface area contributed by atoms with Crippen LogP contribution in [0.2, 0.25) is 0 Å². The molecule has 0 unspecified atom stereocenters. The van der Waals surface area contributed by atoms with Crippen molar-refractivity contribution < 1.29 is 14.0 Å². The molecule has 1 N–H and O–H groups in total. The van der Waals surface area contributed by atoms with Crippen molar-refractivity contribution in [2.75, 3.05) is 0 Å². The zero-order valence-electron chi connectivity index (χ0n) is 14.4. The second kappa shape index (κ2) is 6.77. The molecule has 1 aromatic carbocycles. The first-order chi connectivity index (χ1) is 12.1. The first-order valence-electron chi connectivity index (χ1n) is 9.48. The number of likely N-dealkylation sites (tertiary alicyclic amines) is 1. The lowest BCUT2D eigenvalue weighted by Gasteiger charge is -2.33. The molecule has 3 fully saturated rings. The fourth-order valence-electron chi connectivity index (χ4n) is 4.46. The largest absolute Gasteiger partial charge is 0.350 e. The Morgan fingerprint density at radius 3 is 2.52 bits per heavy atom. The van der Waals surface area contributed by atoms with Crippen LogP contribution in [0.15, 0.2) is 24.3 Å². The van der Waals surface area contributed by atoms with Crippen LogP contribution < -0.4 is 5.32 Å². The second-order valence-electron chi connectivity index (χ2n) is 7.73. The van der Waals surface area contributed by atoms with Gasteiger partial charge < -0.3 is 10.2 Å². The molecule has 4 rings (SSSR count). The lowest BCUT2D eigenvalue weighted by molar-refractivity contribution is -0.142. The minimum atomic E-state index is -0.332. The van der Waals surface area contributed by atoms with E-state index >= 15 is 0 Å². The van der Waals surface area contributed by atoms with Gasteiger partial charge in [-0.2, -0.15) is 0 Å². The van der Waals surface area contributed by atoms with Gasteiger partial charge in [-0.25, -0.2) is 4.39 Å². The van der Waals surface area contributed by atoms with Gasteiger partial charge in [0.2, 0.25) is 11.8 Å². The van der Waals surface area contributed by atoms with Gasteiger partial charge in [0.15, 0.2) is 0 Å². The number of carbonyl (C=O) groups is 2. The Labute approximate surface area is 147 Å². The van der Waals surface area contributed by atoms with E-state index in [1.807, 2.05) is 4.90 Å². The maximum Gasteiger partial charge on any atom is 0.243 e. The predicted molar refractivity (Wildman–Crippen MR) is 92.0 cm³/mol. The molecule has 1 heterocycles. The number of rotatable bonds is 4. The summed E-state index contributed by atoms with van der Waals surface area (Å²) in [6.45, 7) is 0.371. The van der Waals surface area contributed by atoms with Crippen molar-refractivity contribution in [2.45, 2.75) is 63.6 Å². The SMILES string of the molecule is O=C(NCc1ccc(F)cc1)[C@@H]1C[C@H]2CCCC[C@H]2N1C(=O)C1CC1. The third kappa shape index (κ3) is 3.42. The van der Waals surface area contributed by atoms with E-state index in [1.165, 1.54) is 18.6 Å². The van der Waals surface area contributed by atoms with E-state index in [4.69, 9.17) is 0 Å². The number of hydrogen-bond donors (Lipinski definition) is 1. The fourth-order valence-corrected chi connectivity index (χ4v) is 4.46. The van der Waals surface area contributed by atoms with E-state index in [9.17, 15) is 14.0 Å². The molecule has 2 saturated carbocycles. The summed E-state index contributed by atoms with van der Waals surface area (Å²) >= 11 is 0. The summed E-state index contributed by atoms with van der Waals surface area (Å²) in [4.78, 5) is 27.5. The Balaban J connectivity index is 1.45. The van der Waals surface area contributed by atoms with Crippen LogP contribution >= 0.6 is 0 Å². The average Bonchev–Trinajstić information content (AvgIpc) is 3.40. The molecule has 3 atom stereocenters. The first kappa shape index (κ1) is 16.6. The molecule has 1 aliphatic heterocycles. The number of nitrogens with one attached hydrogen (secondary N) is 1. The molecule has 4 nitrogen and oxygen atoms in total. The summed E-state index contributed by atoms with van der Waals surface area (Å²) in [7, 11) is 0. The van der Waals surface area contributed by atoms with Gasteiger partial charge in [-0.05, 0) is 55.7 Å². The highest BCUT2D eigenvalue weighted by Crippen LogP contribution is 2.43. The van der Waals surface area contributed by atoms with E-state index < -0.39 is 0 Å². The zero-order valence-corrected chi connectivity index (χ0v) is 14.4. The molecule has 1 aromatic rings. The van der Waals surface area contributed by atoms with Gasteiger partial charge in [0, 0.05) is 18.5 Å². The molecular formula is C20H25FN2O2. The molecule has 1 saturated heterocycles. The van der Waals surface area contributed by atoms with E-state index in [1.54, 1.807) is 12.1 Å². The minimum Gasteiger partial charge on any atom is -0.350 e. The summed E-state index contributed by atoms with van der Waals surface area (Å²) in [5, 5.41) is 2.96. The highest BCUT2D eigenvalue weighted by molar-refractivity contribution is 5.90. The van der Waals surface area contributed by atoms with Crippen molar-refractivity contribution in [1.29, 1.82) is 0 Å². The molecule has 0 radical (unpaired) electrons. The molecule has 0 spiro atoms. The Morgan fingerprint density at radius 2 is 1.80 bits per heavy atom. The van der Waals surface area contributed by atoms with Crippen molar-refractivity contribution in [3.63, 3.8) is 0 Å². The Morgan fingerprint density at radius 1 is 1.08 bits per heavy atom. The molecule has 2 aliphatic carbocycles.